The molecule has 0 bridgehead atoms. The standard InChI is InChI=1S/C27H28N4O3.C7H17N.2C4H10.3C2H6/c1-30(16-27(34)31-9-2-3-10-31)11-8-22-14-20(5-7-24(22)18-33)21-4-6-23-12-19(17-32)13-26(28)29-25(23)15-21;1-4-6-8(3)7-5-2;2*1-3-4-2;3*1-2/h4-8,11-12,14-15,17-18H,2-3,9-10,13,16H2,1H3,(H2,28,29);4-7H2,1-3H3;2*3-4H2,1-2H3;3*1-2H3/b11-8-;;;;;;. The van der Waals surface area contributed by atoms with Crippen molar-refractivity contribution < 1.29 is 14.4 Å². The van der Waals surface area contributed by atoms with E-state index in [9.17, 15) is 14.4 Å². The van der Waals surface area contributed by atoms with Gasteiger partial charge in [0.1, 0.15) is 12.1 Å². The first-order valence-electron chi connectivity index (χ1n) is 21.7. The van der Waals surface area contributed by atoms with Crippen LogP contribution >= 0.6 is 0 Å². The van der Waals surface area contributed by atoms with Gasteiger partial charge in [0, 0.05) is 43.3 Å². The average Bonchev–Trinajstić information content (AvgIpc) is 3.73. The molecule has 0 aliphatic carbocycles. The highest BCUT2D eigenvalue weighted by Gasteiger charge is 2.18. The number of carbonyl (C=O) groups excluding carboxylic acids is 3. The van der Waals surface area contributed by atoms with Gasteiger partial charge in [0.2, 0.25) is 5.91 Å². The Bertz CT molecular complexity index is 1380. The summed E-state index contributed by atoms with van der Waals surface area (Å²) < 4.78 is 0. The molecule has 0 aromatic heterocycles. The highest BCUT2D eigenvalue weighted by atomic mass is 16.2. The normalized spacial score (nSPS) is 12.2. The van der Waals surface area contributed by atoms with Crippen LogP contribution in [0.25, 0.3) is 23.3 Å². The molecule has 2 aromatic carbocycles. The Morgan fingerprint density at radius 3 is 1.73 bits per heavy atom. The number of fused-ring (bicyclic) bond motifs is 1. The quantitative estimate of drug-likeness (QED) is 0.203. The van der Waals surface area contributed by atoms with Crippen molar-refractivity contribution in [1.82, 2.24) is 14.7 Å². The first kappa shape index (κ1) is 56.3. The maximum Gasteiger partial charge on any atom is 0.242 e. The molecule has 8 heteroatoms. The van der Waals surface area contributed by atoms with Gasteiger partial charge in [-0.05, 0) is 93.0 Å². The smallest absolute Gasteiger partial charge is 0.242 e. The minimum atomic E-state index is 0.116. The second kappa shape index (κ2) is 37.9. The van der Waals surface area contributed by atoms with E-state index >= 15 is 0 Å². The van der Waals surface area contributed by atoms with Gasteiger partial charge in [-0.25, -0.2) is 4.99 Å². The molecular weight excluding hydrogens is 695 g/mol. The van der Waals surface area contributed by atoms with E-state index in [-0.39, 0.29) is 5.91 Å². The maximum atomic E-state index is 12.4. The van der Waals surface area contributed by atoms with Crippen LogP contribution in [0.15, 0.2) is 53.2 Å². The summed E-state index contributed by atoms with van der Waals surface area (Å²) in [6.07, 6.45) is 17.4. The van der Waals surface area contributed by atoms with Crippen LogP contribution in [-0.4, -0.2) is 85.8 Å². The molecule has 0 unspecified atom stereocenters. The summed E-state index contributed by atoms with van der Waals surface area (Å²) in [6.45, 7) is 29.6. The van der Waals surface area contributed by atoms with Gasteiger partial charge in [-0.3, -0.25) is 14.4 Å². The summed E-state index contributed by atoms with van der Waals surface area (Å²) in [5.41, 5.74) is 11.3. The Morgan fingerprint density at radius 1 is 0.732 bits per heavy atom. The van der Waals surface area contributed by atoms with Crippen LogP contribution in [0.4, 0.5) is 5.69 Å². The van der Waals surface area contributed by atoms with Crippen molar-refractivity contribution in [1.29, 1.82) is 0 Å². The summed E-state index contributed by atoms with van der Waals surface area (Å²) in [4.78, 5) is 45.8. The van der Waals surface area contributed by atoms with Crippen molar-refractivity contribution in [3.8, 4) is 11.1 Å². The summed E-state index contributed by atoms with van der Waals surface area (Å²) in [6, 6.07) is 11.4. The molecule has 2 N–H and O–H groups in total. The molecule has 8 nitrogen and oxygen atoms in total. The minimum absolute atomic E-state index is 0.116. The fourth-order valence-corrected chi connectivity index (χ4v) is 5.09. The molecule has 1 fully saturated rings. The lowest BCUT2D eigenvalue weighted by atomic mass is 9.97. The van der Waals surface area contributed by atoms with Crippen molar-refractivity contribution in [2.24, 2.45) is 10.7 Å². The van der Waals surface area contributed by atoms with Crippen molar-refractivity contribution in [2.45, 2.75) is 141 Å². The van der Waals surface area contributed by atoms with Gasteiger partial charge in [0.05, 0.1) is 12.2 Å². The minimum Gasteiger partial charge on any atom is -0.387 e. The Hall–Kier alpha value is -4.04. The number of aldehydes is 2. The summed E-state index contributed by atoms with van der Waals surface area (Å²) >= 11 is 0. The number of hydrogen-bond acceptors (Lipinski definition) is 7. The molecule has 0 spiro atoms. The van der Waals surface area contributed by atoms with Gasteiger partial charge < -0.3 is 20.4 Å². The lowest BCUT2D eigenvalue weighted by Gasteiger charge is -2.20. The molecule has 2 aliphatic rings. The first-order valence-corrected chi connectivity index (χ1v) is 21.7. The second-order valence-electron chi connectivity index (χ2n) is 13.0. The predicted molar refractivity (Wildman–Crippen MR) is 248 cm³/mol. The number of hydrogen-bond donors (Lipinski definition) is 1. The lowest BCUT2D eigenvalue weighted by molar-refractivity contribution is -0.130. The second-order valence-corrected chi connectivity index (χ2v) is 13.0. The fraction of sp³-hybridized carbons (Fsp3) is 0.583. The van der Waals surface area contributed by atoms with Crippen LogP contribution in [0.1, 0.15) is 162 Å². The number of likely N-dealkylation sites (N-methyl/N-ethyl adjacent to an activating group) is 1. The van der Waals surface area contributed by atoms with Gasteiger partial charge >= 0.3 is 0 Å². The maximum absolute atomic E-state index is 12.4. The molecule has 1 amide bonds. The Balaban J connectivity index is -0.00000106. The molecular formula is C48H83N5O3. The lowest BCUT2D eigenvalue weighted by Crippen LogP contribution is -2.35. The van der Waals surface area contributed by atoms with Gasteiger partial charge in [0.25, 0.3) is 0 Å². The molecule has 318 valence electrons. The van der Waals surface area contributed by atoms with Crippen LogP contribution in [0.2, 0.25) is 0 Å². The monoisotopic (exact) mass is 778 g/mol. The van der Waals surface area contributed by atoms with E-state index in [1.165, 1.54) is 51.6 Å². The zero-order chi connectivity index (χ0) is 43.3. The van der Waals surface area contributed by atoms with E-state index in [1.807, 2.05) is 101 Å². The van der Waals surface area contributed by atoms with E-state index < -0.39 is 0 Å². The van der Waals surface area contributed by atoms with Gasteiger partial charge in [-0.1, -0.05) is 133 Å². The molecule has 56 heavy (non-hydrogen) atoms. The molecule has 2 heterocycles. The number of unbranched alkanes of at least 4 members (excludes halogenated alkanes) is 2. The molecule has 2 aliphatic heterocycles. The topological polar surface area (TPSA) is 99.3 Å². The largest absolute Gasteiger partial charge is 0.387 e. The molecule has 0 atom stereocenters. The zero-order valence-electron chi connectivity index (χ0n) is 38.3. The Kier molecular flexibility index (Phi) is 38.1. The van der Waals surface area contributed by atoms with E-state index in [4.69, 9.17) is 5.73 Å². The SMILES string of the molecule is CC.CC.CC.CCCC.CCCC.CCCN(C)CCC.CN(/C=C\c1cc(-c2ccc3c(c2)N=C(N)CC(C=O)=C3)ccc1C=O)CC(=O)N1CCCC1. The van der Waals surface area contributed by atoms with E-state index in [0.717, 1.165) is 60.8 Å². The van der Waals surface area contributed by atoms with E-state index in [2.05, 4.69) is 58.5 Å². The number of rotatable bonds is 13. The van der Waals surface area contributed by atoms with Crippen LogP contribution in [-0.2, 0) is 9.59 Å². The van der Waals surface area contributed by atoms with Crippen molar-refractivity contribution in [3.05, 3.63) is 64.9 Å². The summed E-state index contributed by atoms with van der Waals surface area (Å²) in [5.74, 6) is 0.506. The van der Waals surface area contributed by atoms with Gasteiger partial charge in [-0.15, -0.1) is 0 Å². The van der Waals surface area contributed by atoms with Crippen molar-refractivity contribution >= 4 is 42.2 Å². The number of nitrogens with zero attached hydrogens (tertiary/aromatic N) is 4. The third-order valence-corrected chi connectivity index (χ3v) is 8.28. The highest BCUT2D eigenvalue weighted by Crippen LogP contribution is 2.32. The van der Waals surface area contributed by atoms with Crippen molar-refractivity contribution in [2.75, 3.05) is 46.8 Å². The van der Waals surface area contributed by atoms with Crippen LogP contribution < -0.4 is 5.73 Å². The number of benzene rings is 2. The molecule has 0 saturated carbocycles. The molecule has 1 saturated heterocycles. The van der Waals surface area contributed by atoms with Crippen LogP contribution in [0.5, 0.6) is 0 Å². The van der Waals surface area contributed by atoms with Gasteiger partial charge in [-0.2, -0.15) is 0 Å². The summed E-state index contributed by atoms with van der Waals surface area (Å²) in [7, 11) is 4.03. The molecule has 4 rings (SSSR count). The number of amidine groups is 1. The highest BCUT2D eigenvalue weighted by molar-refractivity contribution is 5.98. The Morgan fingerprint density at radius 2 is 1.25 bits per heavy atom. The average molecular weight is 778 g/mol. The number of aliphatic imine (C=N–C) groups is 1. The Labute approximate surface area is 344 Å². The van der Waals surface area contributed by atoms with Crippen molar-refractivity contribution in [3.63, 3.8) is 0 Å². The van der Waals surface area contributed by atoms with Gasteiger partial charge in [0.15, 0.2) is 6.29 Å². The zero-order valence-corrected chi connectivity index (χ0v) is 38.3. The third kappa shape index (κ3) is 24.5. The van der Waals surface area contributed by atoms with Crippen LogP contribution in [0.3, 0.4) is 0 Å². The van der Waals surface area contributed by atoms with E-state index in [1.54, 1.807) is 12.1 Å². The fourth-order valence-electron chi connectivity index (χ4n) is 5.09. The number of amides is 1. The number of nitrogens with two attached hydrogens (primary N) is 1. The first-order chi connectivity index (χ1) is 27.1. The third-order valence-electron chi connectivity index (χ3n) is 8.28. The van der Waals surface area contributed by atoms with Crippen LogP contribution in [0, 0.1) is 0 Å². The molecule has 0 radical (unpaired) electrons. The summed E-state index contributed by atoms with van der Waals surface area (Å²) in [5, 5.41) is 0. The number of carbonyl (C=O) groups is 3. The predicted octanol–water partition coefficient (Wildman–Crippen LogP) is 12.1. The molecule has 2 aromatic rings. The van der Waals surface area contributed by atoms with E-state index in [0.29, 0.717) is 35.6 Å². The number of likely N-dealkylation sites (tertiary alicyclic amines) is 1.